The lowest BCUT2D eigenvalue weighted by molar-refractivity contribution is -0.380. The van der Waals surface area contributed by atoms with E-state index in [2.05, 4.69) is 15.6 Å². The van der Waals surface area contributed by atoms with Gasteiger partial charge in [-0.3, -0.25) is 15.4 Å². The van der Waals surface area contributed by atoms with Gasteiger partial charge in [-0.15, -0.1) is 0 Å². The van der Waals surface area contributed by atoms with Crippen LogP contribution in [0.1, 0.15) is 0 Å². The minimum absolute atomic E-state index is 0.105. The van der Waals surface area contributed by atoms with Crippen LogP contribution in [-0.4, -0.2) is 23.0 Å². The summed E-state index contributed by atoms with van der Waals surface area (Å²) in [4.78, 5) is 24.0. The van der Waals surface area contributed by atoms with Crippen molar-refractivity contribution in [2.24, 2.45) is 0 Å². The molecule has 0 radical (unpaired) electrons. The minimum Gasteiger partial charge on any atom is -0.341 e. The molecule has 0 aliphatic heterocycles. The molecule has 8 heteroatoms. The third-order valence-electron chi connectivity index (χ3n) is 1.12. The van der Waals surface area contributed by atoms with E-state index < -0.39 is 11.0 Å². The molecular weight excluding hydrogens is 196 g/mol. The average molecular weight is 202 g/mol. The Hall–Kier alpha value is -1.70. The van der Waals surface area contributed by atoms with E-state index in [-0.39, 0.29) is 10.1 Å². The number of nitrogens with zero attached hydrogens (tertiary/aromatic N) is 2. The van der Waals surface area contributed by atoms with Crippen molar-refractivity contribution in [3.8, 4) is 0 Å². The lowest BCUT2D eigenvalue weighted by Gasteiger charge is -1.96. The van der Waals surface area contributed by atoms with Crippen molar-refractivity contribution >= 4 is 27.5 Å². The van der Waals surface area contributed by atoms with Gasteiger partial charge in [-0.1, -0.05) is 0 Å². The highest BCUT2D eigenvalue weighted by Gasteiger charge is 2.12. The molecule has 0 spiro atoms. The smallest absolute Gasteiger partial charge is 0.341 e. The van der Waals surface area contributed by atoms with Gasteiger partial charge in [-0.25, -0.2) is 9.78 Å². The van der Waals surface area contributed by atoms with E-state index in [1.165, 1.54) is 7.05 Å². The van der Waals surface area contributed by atoms with Crippen LogP contribution in [0, 0.1) is 10.1 Å². The Morgan fingerprint density at radius 2 is 2.46 bits per heavy atom. The van der Waals surface area contributed by atoms with Crippen molar-refractivity contribution < 1.29 is 9.72 Å². The minimum atomic E-state index is -0.563. The summed E-state index contributed by atoms with van der Waals surface area (Å²) in [5.74, 6) is 0. The summed E-state index contributed by atoms with van der Waals surface area (Å²) < 4.78 is 0. The number of carbonyl (C=O) groups is 1. The molecule has 1 heterocycles. The summed E-state index contributed by atoms with van der Waals surface area (Å²) >= 11 is 0.803. The van der Waals surface area contributed by atoms with E-state index in [1.54, 1.807) is 0 Å². The molecule has 0 fully saturated rings. The fourth-order valence-electron chi connectivity index (χ4n) is 0.567. The normalized spacial score (nSPS) is 9.31. The predicted molar refractivity (Wildman–Crippen MR) is 46.8 cm³/mol. The Kier molecular flexibility index (Phi) is 2.75. The highest BCUT2D eigenvalue weighted by Crippen LogP contribution is 2.24. The van der Waals surface area contributed by atoms with Gasteiger partial charge in [0.05, 0.1) is 4.92 Å². The summed E-state index contributed by atoms with van der Waals surface area (Å²) in [6.45, 7) is 0. The maximum absolute atomic E-state index is 10.7. The fourth-order valence-corrected chi connectivity index (χ4v) is 1.19. The number of thiazole rings is 1. The van der Waals surface area contributed by atoms with Gasteiger partial charge in [0, 0.05) is 7.05 Å². The first-order chi connectivity index (χ1) is 6.13. The largest absolute Gasteiger partial charge is 0.345 e. The second kappa shape index (κ2) is 3.81. The van der Waals surface area contributed by atoms with E-state index in [9.17, 15) is 14.9 Å². The number of anilines is 1. The summed E-state index contributed by atoms with van der Waals surface area (Å²) in [6.07, 6.45) is 1.09. The number of hydrogen-bond acceptors (Lipinski definition) is 5. The van der Waals surface area contributed by atoms with Gasteiger partial charge in [0.1, 0.15) is 6.20 Å². The van der Waals surface area contributed by atoms with E-state index in [0.29, 0.717) is 0 Å². The molecule has 0 unspecified atom stereocenters. The van der Waals surface area contributed by atoms with Crippen molar-refractivity contribution in [2.45, 2.75) is 0 Å². The summed E-state index contributed by atoms with van der Waals surface area (Å²) in [6, 6.07) is -0.454. The molecule has 0 saturated carbocycles. The third kappa shape index (κ3) is 2.37. The summed E-state index contributed by atoms with van der Waals surface area (Å²) in [7, 11) is 1.44. The zero-order chi connectivity index (χ0) is 9.84. The molecule has 2 amide bonds. The van der Waals surface area contributed by atoms with Crippen LogP contribution in [0.5, 0.6) is 0 Å². The van der Waals surface area contributed by atoms with Gasteiger partial charge in [-0.2, -0.15) is 0 Å². The van der Waals surface area contributed by atoms with Gasteiger partial charge in [0.2, 0.25) is 0 Å². The van der Waals surface area contributed by atoms with Gasteiger partial charge >= 0.3 is 11.0 Å². The Balaban J connectivity index is 2.69. The van der Waals surface area contributed by atoms with E-state index >= 15 is 0 Å². The van der Waals surface area contributed by atoms with Crippen LogP contribution in [0.2, 0.25) is 0 Å². The van der Waals surface area contributed by atoms with Gasteiger partial charge in [-0.05, 0) is 11.3 Å². The standard InChI is InChI=1S/C5H6N4O3S/c1-6-4(10)8-5-7-2-3(13-5)9(11)12/h2H,1H3,(H2,6,7,8,10). The molecular formula is C5H6N4O3S. The van der Waals surface area contributed by atoms with Crippen LogP contribution in [0.4, 0.5) is 14.9 Å². The predicted octanol–water partition coefficient (Wildman–Crippen LogP) is 0.803. The topological polar surface area (TPSA) is 97.2 Å². The second-order valence-electron chi connectivity index (χ2n) is 1.96. The third-order valence-corrected chi connectivity index (χ3v) is 1.99. The molecule has 1 rings (SSSR count). The first-order valence-corrected chi connectivity index (χ1v) is 4.04. The van der Waals surface area contributed by atoms with E-state index in [4.69, 9.17) is 0 Å². The monoisotopic (exact) mass is 202 g/mol. The number of aromatic nitrogens is 1. The van der Waals surface area contributed by atoms with E-state index in [0.717, 1.165) is 17.5 Å². The molecule has 1 aromatic rings. The molecule has 0 aromatic carbocycles. The highest BCUT2D eigenvalue weighted by atomic mass is 32.1. The second-order valence-corrected chi connectivity index (χ2v) is 2.97. The number of amides is 2. The van der Waals surface area contributed by atoms with Gasteiger partial charge in [0.25, 0.3) is 0 Å². The SMILES string of the molecule is CNC(=O)Nc1ncc([N+](=O)[O-])s1. The van der Waals surface area contributed by atoms with Crippen LogP contribution >= 0.6 is 11.3 Å². The molecule has 2 N–H and O–H groups in total. The summed E-state index contributed by atoms with van der Waals surface area (Å²) in [5.41, 5.74) is 0. The number of nitro groups is 1. The molecule has 7 nitrogen and oxygen atoms in total. The number of rotatable bonds is 2. The molecule has 0 bridgehead atoms. The molecule has 0 aliphatic rings. The Labute approximate surface area is 76.9 Å². The fraction of sp³-hybridized carbons (Fsp3) is 0.200. The van der Waals surface area contributed by atoms with Crippen molar-refractivity contribution in [3.05, 3.63) is 16.3 Å². The lowest BCUT2D eigenvalue weighted by Crippen LogP contribution is -2.24. The quantitative estimate of drug-likeness (QED) is 0.547. The first kappa shape index (κ1) is 9.39. The number of hydrogen-bond donors (Lipinski definition) is 2. The molecule has 70 valence electrons. The number of urea groups is 1. The van der Waals surface area contributed by atoms with E-state index in [1.807, 2.05) is 0 Å². The first-order valence-electron chi connectivity index (χ1n) is 3.22. The Morgan fingerprint density at radius 3 is 2.92 bits per heavy atom. The number of nitrogens with one attached hydrogen (secondary N) is 2. The van der Waals surface area contributed by atoms with Crippen LogP contribution in [-0.2, 0) is 0 Å². The molecule has 1 aromatic heterocycles. The average Bonchev–Trinajstić information content (AvgIpc) is 2.52. The zero-order valence-corrected chi connectivity index (χ0v) is 7.42. The zero-order valence-electron chi connectivity index (χ0n) is 6.60. The lowest BCUT2D eigenvalue weighted by atomic mass is 10.8. The van der Waals surface area contributed by atoms with Crippen LogP contribution in [0.15, 0.2) is 6.20 Å². The van der Waals surface area contributed by atoms with Gasteiger partial charge < -0.3 is 5.32 Å². The maximum Gasteiger partial charge on any atom is 0.345 e. The van der Waals surface area contributed by atoms with Crippen molar-refractivity contribution in [3.63, 3.8) is 0 Å². The number of carbonyl (C=O) groups excluding carboxylic acids is 1. The molecule has 0 atom stereocenters. The van der Waals surface area contributed by atoms with Crippen LogP contribution in [0.25, 0.3) is 0 Å². The Morgan fingerprint density at radius 1 is 1.77 bits per heavy atom. The van der Waals surface area contributed by atoms with Gasteiger partial charge in [0.15, 0.2) is 5.13 Å². The van der Waals surface area contributed by atoms with Crippen molar-refractivity contribution in [2.75, 3.05) is 12.4 Å². The molecule has 0 aliphatic carbocycles. The van der Waals surface area contributed by atoms with Crippen molar-refractivity contribution in [1.29, 1.82) is 0 Å². The molecule has 13 heavy (non-hydrogen) atoms. The summed E-state index contributed by atoms with van der Waals surface area (Å²) in [5, 5.41) is 14.9. The maximum atomic E-state index is 10.7. The van der Waals surface area contributed by atoms with Crippen molar-refractivity contribution in [1.82, 2.24) is 10.3 Å². The Bertz CT molecular complexity index is 336. The van der Waals surface area contributed by atoms with Crippen LogP contribution in [0.3, 0.4) is 0 Å². The highest BCUT2D eigenvalue weighted by molar-refractivity contribution is 7.18. The molecule has 0 saturated heterocycles. The van der Waals surface area contributed by atoms with Crippen LogP contribution < -0.4 is 10.6 Å².